The molecule has 0 spiro atoms. The average Bonchev–Trinajstić information content (AvgIpc) is 2.63. The molecule has 0 aromatic heterocycles. The molecule has 0 bridgehead atoms. The zero-order valence-corrected chi connectivity index (χ0v) is 6.75. The lowest BCUT2D eigenvalue weighted by molar-refractivity contribution is 0.139. The highest BCUT2D eigenvalue weighted by Gasteiger charge is 2.21. The van der Waals surface area contributed by atoms with Crippen LogP contribution < -0.4 is 0 Å². The normalized spacial score (nSPS) is 24.3. The molecule has 0 aliphatic carbocycles. The largest absolute Gasteiger partial charge is 0.380 e. The van der Waals surface area contributed by atoms with Crippen LogP contribution in [0.15, 0.2) is 0 Å². The summed E-state index contributed by atoms with van der Waals surface area (Å²) in [5.74, 6) is 1.33. The quantitative estimate of drug-likeness (QED) is 0.433. The molecule has 1 aliphatic rings. The van der Waals surface area contributed by atoms with Crippen molar-refractivity contribution in [3.8, 4) is 0 Å². The van der Waals surface area contributed by atoms with Crippen LogP contribution in [0.4, 0.5) is 0 Å². The van der Waals surface area contributed by atoms with E-state index >= 15 is 0 Å². The van der Waals surface area contributed by atoms with Gasteiger partial charge in [-0.25, -0.2) is 0 Å². The number of unbranched alkanes of at least 4 members (excludes halogenated alkanes) is 1. The molecule has 0 aromatic carbocycles. The van der Waals surface area contributed by atoms with Crippen molar-refractivity contribution in [3.05, 3.63) is 0 Å². The van der Waals surface area contributed by atoms with Gasteiger partial charge in [0.25, 0.3) is 0 Å². The van der Waals surface area contributed by atoms with Gasteiger partial charge in [-0.2, -0.15) is 11.8 Å². The van der Waals surface area contributed by atoms with Crippen LogP contribution in [-0.4, -0.2) is 24.2 Å². The minimum absolute atomic E-state index is 0.849. The third kappa shape index (κ3) is 3.82. The maximum Gasteiger partial charge on any atom is 0.0593 e. The Labute approximate surface area is 61.2 Å². The molecule has 0 saturated carbocycles. The summed E-state index contributed by atoms with van der Waals surface area (Å²) < 4.78 is 5.38. The molecule has 1 atom stereocenters. The zero-order chi connectivity index (χ0) is 6.53. The first kappa shape index (κ1) is 7.42. The van der Waals surface area contributed by atoms with Gasteiger partial charge in [0.1, 0.15) is 0 Å². The lowest BCUT2D eigenvalue weighted by Gasteiger charge is -1.98. The summed E-state index contributed by atoms with van der Waals surface area (Å²) in [6, 6.07) is 0. The minimum atomic E-state index is 0.849. The summed E-state index contributed by atoms with van der Waals surface area (Å²) in [5.41, 5.74) is 0. The summed E-state index contributed by atoms with van der Waals surface area (Å²) in [4.78, 5) is 0. The molecule has 0 aromatic rings. The van der Waals surface area contributed by atoms with E-state index in [1.807, 2.05) is 11.8 Å². The zero-order valence-electron chi connectivity index (χ0n) is 5.93. The standard InChI is InChI=1S/C7H14OS/c1-2-3-4-8-5-7-6-9-7/h7H,2-6H2,1H3/t7-/m1/s1. The molecule has 54 valence electrons. The van der Waals surface area contributed by atoms with Crippen molar-refractivity contribution in [1.29, 1.82) is 0 Å². The lowest BCUT2D eigenvalue weighted by Crippen LogP contribution is -2.00. The predicted molar refractivity (Wildman–Crippen MR) is 42.0 cm³/mol. The van der Waals surface area contributed by atoms with Crippen LogP contribution in [0.3, 0.4) is 0 Å². The van der Waals surface area contributed by atoms with E-state index in [4.69, 9.17) is 4.74 Å². The van der Waals surface area contributed by atoms with Gasteiger partial charge < -0.3 is 4.74 Å². The number of hydrogen-bond donors (Lipinski definition) is 0. The maximum absolute atomic E-state index is 5.38. The molecule has 0 unspecified atom stereocenters. The van der Waals surface area contributed by atoms with Crippen LogP contribution in [0, 0.1) is 0 Å². The molecule has 1 heterocycles. The van der Waals surface area contributed by atoms with Crippen LogP contribution in [0.5, 0.6) is 0 Å². The number of rotatable bonds is 5. The van der Waals surface area contributed by atoms with E-state index in [0.717, 1.165) is 18.5 Å². The van der Waals surface area contributed by atoms with Gasteiger partial charge in [0, 0.05) is 17.6 Å². The molecule has 1 nitrogen and oxygen atoms in total. The Morgan fingerprint density at radius 3 is 3.00 bits per heavy atom. The second-order valence-corrected chi connectivity index (χ2v) is 3.72. The highest BCUT2D eigenvalue weighted by molar-refractivity contribution is 8.06. The Morgan fingerprint density at radius 1 is 1.67 bits per heavy atom. The van der Waals surface area contributed by atoms with Crippen LogP contribution in [-0.2, 0) is 4.74 Å². The SMILES string of the molecule is CCCCOC[C@@H]1CS1. The number of hydrogen-bond acceptors (Lipinski definition) is 2. The van der Waals surface area contributed by atoms with Crippen molar-refractivity contribution in [1.82, 2.24) is 0 Å². The summed E-state index contributed by atoms with van der Waals surface area (Å²) in [6.45, 7) is 4.15. The van der Waals surface area contributed by atoms with Crippen molar-refractivity contribution in [2.24, 2.45) is 0 Å². The fraction of sp³-hybridized carbons (Fsp3) is 1.00. The summed E-state index contributed by atoms with van der Waals surface area (Å²) in [6.07, 6.45) is 2.47. The monoisotopic (exact) mass is 146 g/mol. The average molecular weight is 146 g/mol. The van der Waals surface area contributed by atoms with E-state index in [2.05, 4.69) is 6.92 Å². The number of thioether (sulfide) groups is 1. The molecule has 0 radical (unpaired) electrons. The molecule has 9 heavy (non-hydrogen) atoms. The second kappa shape index (κ2) is 4.18. The molecular weight excluding hydrogens is 132 g/mol. The van der Waals surface area contributed by atoms with Gasteiger partial charge in [-0.3, -0.25) is 0 Å². The van der Waals surface area contributed by atoms with Gasteiger partial charge in [0.15, 0.2) is 0 Å². The van der Waals surface area contributed by atoms with Gasteiger partial charge in [-0.15, -0.1) is 0 Å². The molecule has 1 rings (SSSR count). The lowest BCUT2D eigenvalue weighted by atomic mass is 10.4. The van der Waals surface area contributed by atoms with Crippen molar-refractivity contribution in [2.75, 3.05) is 19.0 Å². The van der Waals surface area contributed by atoms with E-state index < -0.39 is 0 Å². The van der Waals surface area contributed by atoms with Crippen LogP contribution in [0.25, 0.3) is 0 Å². The van der Waals surface area contributed by atoms with E-state index in [-0.39, 0.29) is 0 Å². The fourth-order valence-electron chi connectivity index (χ4n) is 0.625. The van der Waals surface area contributed by atoms with Crippen molar-refractivity contribution in [2.45, 2.75) is 25.0 Å². The first-order valence-electron chi connectivity index (χ1n) is 3.63. The molecule has 1 fully saturated rings. The van der Waals surface area contributed by atoms with Gasteiger partial charge in [-0.05, 0) is 6.42 Å². The molecule has 0 amide bonds. The molecule has 1 aliphatic heterocycles. The van der Waals surface area contributed by atoms with E-state index in [9.17, 15) is 0 Å². The highest BCUT2D eigenvalue weighted by atomic mass is 32.2. The Hall–Kier alpha value is 0.310. The first-order valence-corrected chi connectivity index (χ1v) is 4.67. The summed E-state index contributed by atoms with van der Waals surface area (Å²) in [7, 11) is 0. The van der Waals surface area contributed by atoms with Crippen molar-refractivity contribution in [3.63, 3.8) is 0 Å². The van der Waals surface area contributed by atoms with Gasteiger partial charge in [0.05, 0.1) is 6.61 Å². The third-order valence-corrected chi connectivity index (χ3v) is 2.29. The Balaban J connectivity index is 1.71. The van der Waals surface area contributed by atoms with Crippen LogP contribution in [0.1, 0.15) is 19.8 Å². The number of ether oxygens (including phenoxy) is 1. The fourth-order valence-corrected chi connectivity index (χ4v) is 1.05. The Morgan fingerprint density at radius 2 is 2.44 bits per heavy atom. The van der Waals surface area contributed by atoms with Gasteiger partial charge in [0.2, 0.25) is 0 Å². The first-order chi connectivity index (χ1) is 4.43. The Bertz CT molecular complexity index is 71.3. The van der Waals surface area contributed by atoms with Crippen molar-refractivity contribution < 1.29 is 4.74 Å². The summed E-state index contributed by atoms with van der Waals surface area (Å²) >= 11 is 2.00. The van der Waals surface area contributed by atoms with Crippen LogP contribution >= 0.6 is 11.8 Å². The van der Waals surface area contributed by atoms with Gasteiger partial charge >= 0.3 is 0 Å². The molecule has 1 saturated heterocycles. The topological polar surface area (TPSA) is 9.23 Å². The maximum atomic E-state index is 5.38. The smallest absolute Gasteiger partial charge is 0.0593 e. The van der Waals surface area contributed by atoms with E-state index in [1.54, 1.807) is 0 Å². The highest BCUT2D eigenvalue weighted by Crippen LogP contribution is 2.29. The van der Waals surface area contributed by atoms with E-state index in [1.165, 1.54) is 18.6 Å². The molecule has 0 N–H and O–H groups in total. The third-order valence-electron chi connectivity index (χ3n) is 1.35. The van der Waals surface area contributed by atoms with Crippen molar-refractivity contribution >= 4 is 11.8 Å². The Kier molecular flexibility index (Phi) is 3.44. The van der Waals surface area contributed by atoms with E-state index in [0.29, 0.717) is 0 Å². The molecule has 2 heteroatoms. The second-order valence-electron chi connectivity index (χ2n) is 2.38. The summed E-state index contributed by atoms with van der Waals surface area (Å²) in [5, 5.41) is 0.849. The van der Waals surface area contributed by atoms with Gasteiger partial charge in [-0.1, -0.05) is 13.3 Å². The molecular formula is C7H14OS. The minimum Gasteiger partial charge on any atom is -0.380 e. The predicted octanol–water partition coefficient (Wildman–Crippen LogP) is 1.92. The van der Waals surface area contributed by atoms with Crippen LogP contribution in [0.2, 0.25) is 0 Å².